The maximum Gasteiger partial charge on any atom is 0.239 e. The van der Waals surface area contributed by atoms with Crippen LogP contribution >= 0.6 is 0 Å². The Morgan fingerprint density at radius 1 is 1.12 bits per heavy atom. The van der Waals surface area contributed by atoms with Gasteiger partial charge in [0.05, 0.1) is 5.52 Å². The van der Waals surface area contributed by atoms with E-state index in [0.29, 0.717) is 11.8 Å². The number of hydrogen-bond acceptors (Lipinski definition) is 5. The molecule has 0 spiro atoms. The molecule has 84 valence electrons. The summed E-state index contributed by atoms with van der Waals surface area (Å²) in [4.78, 5) is 8.59. The smallest absolute Gasteiger partial charge is 0.239 e. The van der Waals surface area contributed by atoms with Crippen molar-refractivity contribution in [2.75, 3.05) is 5.43 Å². The van der Waals surface area contributed by atoms with Gasteiger partial charge in [-0.15, -0.1) is 0 Å². The molecular formula is C11H10N6. The van der Waals surface area contributed by atoms with Gasteiger partial charge >= 0.3 is 0 Å². The Morgan fingerprint density at radius 3 is 2.76 bits per heavy atom. The third kappa shape index (κ3) is 1.60. The highest BCUT2D eigenvalue weighted by atomic mass is 15.3. The zero-order valence-corrected chi connectivity index (χ0v) is 8.91. The van der Waals surface area contributed by atoms with Gasteiger partial charge < -0.3 is 0 Å². The Balaban J connectivity index is 2.35. The second-order valence-electron chi connectivity index (χ2n) is 3.48. The molecule has 6 heteroatoms. The molecule has 1 aromatic carbocycles. The number of hydrogen-bond donors (Lipinski definition) is 2. The Hall–Kier alpha value is -2.47. The summed E-state index contributed by atoms with van der Waals surface area (Å²) in [7, 11) is 0. The summed E-state index contributed by atoms with van der Waals surface area (Å²) in [5, 5.41) is 5.10. The summed E-state index contributed by atoms with van der Waals surface area (Å²) in [5.41, 5.74) is 3.28. The fraction of sp³-hybridized carbons (Fsp3) is 0. The largest absolute Gasteiger partial charge is 0.292 e. The summed E-state index contributed by atoms with van der Waals surface area (Å²) in [6.45, 7) is 0. The van der Waals surface area contributed by atoms with Gasteiger partial charge in [-0.05, 0) is 18.2 Å². The van der Waals surface area contributed by atoms with Crippen molar-refractivity contribution in [3.63, 3.8) is 0 Å². The fourth-order valence-corrected chi connectivity index (χ4v) is 1.69. The molecule has 3 aromatic rings. The van der Waals surface area contributed by atoms with E-state index in [9.17, 15) is 0 Å². The molecule has 0 aliphatic carbocycles. The predicted octanol–water partition coefficient (Wildman–Crippen LogP) is 1.10. The molecule has 2 heterocycles. The minimum absolute atomic E-state index is 0.370. The second kappa shape index (κ2) is 3.84. The SMILES string of the molecule is NNc1nc(-n2cccn2)c2ccccc2n1. The number of fused-ring (bicyclic) bond motifs is 1. The minimum Gasteiger partial charge on any atom is -0.292 e. The van der Waals surface area contributed by atoms with Gasteiger partial charge in [-0.2, -0.15) is 10.1 Å². The maximum atomic E-state index is 5.36. The number of nitrogens with two attached hydrogens (primary N) is 1. The first kappa shape index (κ1) is 9.73. The molecule has 17 heavy (non-hydrogen) atoms. The average molecular weight is 226 g/mol. The Morgan fingerprint density at radius 2 is 2.00 bits per heavy atom. The first-order valence-electron chi connectivity index (χ1n) is 5.12. The standard InChI is InChI=1S/C11H10N6/c12-16-11-14-9-5-2-1-4-8(9)10(15-11)17-7-3-6-13-17/h1-7H,12H2,(H,14,15,16). The summed E-state index contributed by atoms with van der Waals surface area (Å²) < 4.78 is 1.69. The fourth-order valence-electron chi connectivity index (χ4n) is 1.69. The summed E-state index contributed by atoms with van der Waals surface area (Å²) in [5.74, 6) is 6.43. The summed E-state index contributed by atoms with van der Waals surface area (Å²) in [6.07, 6.45) is 3.53. The van der Waals surface area contributed by atoms with Gasteiger partial charge in [0.15, 0.2) is 5.82 Å². The lowest BCUT2D eigenvalue weighted by Gasteiger charge is -2.07. The number of benzene rings is 1. The highest BCUT2D eigenvalue weighted by molar-refractivity contribution is 5.86. The van der Waals surface area contributed by atoms with Crippen molar-refractivity contribution in [2.24, 2.45) is 5.84 Å². The van der Waals surface area contributed by atoms with Crippen molar-refractivity contribution in [1.82, 2.24) is 19.7 Å². The van der Waals surface area contributed by atoms with Crippen LogP contribution in [0, 0.1) is 0 Å². The van der Waals surface area contributed by atoms with Crippen LogP contribution in [0.4, 0.5) is 5.95 Å². The first-order valence-corrected chi connectivity index (χ1v) is 5.12. The molecule has 0 bridgehead atoms. The van der Waals surface area contributed by atoms with Crippen LogP contribution in [0.25, 0.3) is 16.7 Å². The zero-order chi connectivity index (χ0) is 11.7. The molecule has 6 nitrogen and oxygen atoms in total. The monoisotopic (exact) mass is 226 g/mol. The van der Waals surface area contributed by atoms with E-state index in [1.54, 1.807) is 10.9 Å². The Labute approximate surface area is 97.1 Å². The van der Waals surface area contributed by atoms with Gasteiger partial charge in [-0.25, -0.2) is 15.5 Å². The van der Waals surface area contributed by atoms with Gasteiger partial charge in [0, 0.05) is 17.8 Å². The van der Waals surface area contributed by atoms with Gasteiger partial charge in [-0.3, -0.25) is 5.43 Å². The van der Waals surface area contributed by atoms with E-state index in [4.69, 9.17) is 5.84 Å². The van der Waals surface area contributed by atoms with Crippen LogP contribution in [0.2, 0.25) is 0 Å². The first-order chi connectivity index (χ1) is 8.38. The molecule has 0 saturated heterocycles. The molecule has 0 saturated carbocycles. The van der Waals surface area contributed by atoms with E-state index in [-0.39, 0.29) is 0 Å². The van der Waals surface area contributed by atoms with Crippen LogP contribution < -0.4 is 11.3 Å². The number of nitrogens with one attached hydrogen (secondary N) is 1. The third-order valence-electron chi connectivity index (χ3n) is 2.43. The van der Waals surface area contributed by atoms with E-state index in [2.05, 4.69) is 20.5 Å². The average Bonchev–Trinajstić information content (AvgIpc) is 2.91. The lowest BCUT2D eigenvalue weighted by molar-refractivity contribution is 0.851. The molecule has 3 rings (SSSR count). The van der Waals surface area contributed by atoms with Gasteiger partial charge in [0.1, 0.15) is 0 Å². The molecule has 2 aromatic heterocycles. The number of aromatic nitrogens is 4. The molecule has 3 N–H and O–H groups in total. The van der Waals surface area contributed by atoms with Crippen LogP contribution in [0.1, 0.15) is 0 Å². The topological polar surface area (TPSA) is 81.6 Å². The van der Waals surface area contributed by atoms with Gasteiger partial charge in [0.2, 0.25) is 5.95 Å². The van der Waals surface area contributed by atoms with Crippen LogP contribution in [0.5, 0.6) is 0 Å². The molecule has 0 amide bonds. The Bertz CT molecular complexity index is 646. The third-order valence-corrected chi connectivity index (χ3v) is 2.43. The van der Waals surface area contributed by atoms with Crippen molar-refractivity contribution >= 4 is 16.9 Å². The number of nitrogen functional groups attached to an aromatic ring is 1. The molecule has 0 fully saturated rings. The quantitative estimate of drug-likeness (QED) is 0.505. The number of anilines is 1. The van der Waals surface area contributed by atoms with E-state index in [1.165, 1.54) is 0 Å². The van der Waals surface area contributed by atoms with E-state index >= 15 is 0 Å². The van der Waals surface area contributed by atoms with Crippen molar-refractivity contribution in [2.45, 2.75) is 0 Å². The highest BCUT2D eigenvalue weighted by Crippen LogP contribution is 2.19. The van der Waals surface area contributed by atoms with Crippen molar-refractivity contribution in [1.29, 1.82) is 0 Å². The van der Waals surface area contributed by atoms with Crippen LogP contribution in [0.3, 0.4) is 0 Å². The lowest BCUT2D eigenvalue weighted by Crippen LogP contribution is -2.12. The van der Waals surface area contributed by atoms with Gasteiger partial charge in [-0.1, -0.05) is 12.1 Å². The van der Waals surface area contributed by atoms with E-state index < -0.39 is 0 Å². The minimum atomic E-state index is 0.370. The number of para-hydroxylation sites is 1. The zero-order valence-electron chi connectivity index (χ0n) is 8.91. The maximum absolute atomic E-state index is 5.36. The van der Waals surface area contributed by atoms with Crippen LogP contribution in [0.15, 0.2) is 42.7 Å². The van der Waals surface area contributed by atoms with Crippen molar-refractivity contribution in [3.8, 4) is 5.82 Å². The lowest BCUT2D eigenvalue weighted by atomic mass is 10.2. The second-order valence-corrected chi connectivity index (χ2v) is 3.48. The molecule has 0 atom stereocenters. The molecular weight excluding hydrogens is 216 g/mol. The summed E-state index contributed by atoms with van der Waals surface area (Å²) in [6, 6.07) is 9.56. The van der Waals surface area contributed by atoms with Crippen molar-refractivity contribution < 1.29 is 0 Å². The molecule has 0 radical (unpaired) electrons. The Kier molecular flexibility index (Phi) is 2.20. The molecule has 0 unspecified atom stereocenters. The highest BCUT2D eigenvalue weighted by Gasteiger charge is 2.08. The molecule has 0 aliphatic rings. The molecule has 0 aliphatic heterocycles. The van der Waals surface area contributed by atoms with E-state index in [0.717, 1.165) is 10.9 Å². The van der Waals surface area contributed by atoms with E-state index in [1.807, 2.05) is 36.5 Å². The van der Waals surface area contributed by atoms with Crippen LogP contribution in [-0.4, -0.2) is 19.7 Å². The predicted molar refractivity (Wildman–Crippen MR) is 64.5 cm³/mol. The van der Waals surface area contributed by atoms with Gasteiger partial charge in [0.25, 0.3) is 0 Å². The number of rotatable bonds is 2. The summed E-state index contributed by atoms with van der Waals surface area (Å²) >= 11 is 0. The number of nitrogens with zero attached hydrogens (tertiary/aromatic N) is 4. The normalized spacial score (nSPS) is 10.6. The van der Waals surface area contributed by atoms with Crippen LogP contribution in [-0.2, 0) is 0 Å². The van der Waals surface area contributed by atoms with Crippen molar-refractivity contribution in [3.05, 3.63) is 42.7 Å². The number of hydrazine groups is 1.